The van der Waals surface area contributed by atoms with Crippen LogP contribution in [0.4, 0.5) is 8.78 Å². The van der Waals surface area contributed by atoms with Crippen molar-refractivity contribution >= 4 is 16.9 Å². The Morgan fingerprint density at radius 3 is 2.72 bits per heavy atom. The van der Waals surface area contributed by atoms with Crippen LogP contribution in [-0.4, -0.2) is 26.5 Å². The van der Waals surface area contributed by atoms with Gasteiger partial charge in [0.2, 0.25) is 11.8 Å². The summed E-state index contributed by atoms with van der Waals surface area (Å²) in [5, 5.41) is 6.96. The molecule has 3 heterocycles. The topological polar surface area (TPSA) is 72.9 Å². The standard InChI is InChI=1S/C21H22F2N4O2/c1-11-19(12(2)29-26-11)13-3-5-17-16(9-13)25-20(15-4-6-18(28)24-15)27(17)14-7-8-21(22,23)10-14/h3,5,9,14-15H,4,6-8,10H2,1-2H3,(H,24,28)/t14-,15?/m1/s1. The number of imidazole rings is 1. The van der Waals surface area contributed by atoms with Crippen molar-refractivity contribution in [2.75, 3.05) is 0 Å². The van der Waals surface area contributed by atoms with Crippen molar-refractivity contribution in [3.05, 3.63) is 35.5 Å². The SMILES string of the molecule is Cc1noc(C)c1-c1ccc2c(c1)nc(C1CCC(=O)N1)n2[C@@H]1CCC(F)(F)C1. The molecule has 1 aliphatic heterocycles. The van der Waals surface area contributed by atoms with Gasteiger partial charge in [-0.25, -0.2) is 13.8 Å². The van der Waals surface area contributed by atoms with E-state index in [9.17, 15) is 13.6 Å². The fraction of sp³-hybridized carbons (Fsp3) is 0.476. The van der Waals surface area contributed by atoms with Crippen LogP contribution in [0.25, 0.3) is 22.2 Å². The first kappa shape index (κ1) is 18.3. The molecule has 2 atom stereocenters. The highest BCUT2D eigenvalue weighted by Crippen LogP contribution is 2.44. The fourth-order valence-electron chi connectivity index (χ4n) is 4.75. The number of carbonyl (C=O) groups is 1. The van der Waals surface area contributed by atoms with Crippen LogP contribution in [0.2, 0.25) is 0 Å². The molecule has 3 aromatic rings. The number of nitrogens with zero attached hydrogens (tertiary/aromatic N) is 3. The van der Waals surface area contributed by atoms with Gasteiger partial charge in [-0.2, -0.15) is 0 Å². The number of aromatic nitrogens is 3. The first-order valence-electron chi connectivity index (χ1n) is 9.95. The summed E-state index contributed by atoms with van der Waals surface area (Å²) >= 11 is 0. The lowest BCUT2D eigenvalue weighted by Gasteiger charge is -2.20. The van der Waals surface area contributed by atoms with Gasteiger partial charge in [0.25, 0.3) is 0 Å². The number of alkyl halides is 2. The van der Waals surface area contributed by atoms with Crippen LogP contribution in [0.1, 0.15) is 61.5 Å². The van der Waals surface area contributed by atoms with Crippen molar-refractivity contribution in [3.63, 3.8) is 0 Å². The Kier molecular flexibility index (Phi) is 4.01. The maximum absolute atomic E-state index is 14.0. The van der Waals surface area contributed by atoms with Crippen molar-refractivity contribution in [3.8, 4) is 11.1 Å². The lowest BCUT2D eigenvalue weighted by atomic mass is 10.0. The zero-order valence-corrected chi connectivity index (χ0v) is 16.3. The second-order valence-corrected chi connectivity index (χ2v) is 8.15. The number of hydrogen-bond donors (Lipinski definition) is 1. The van der Waals surface area contributed by atoms with Gasteiger partial charge >= 0.3 is 0 Å². The summed E-state index contributed by atoms with van der Waals surface area (Å²) in [4.78, 5) is 16.6. The summed E-state index contributed by atoms with van der Waals surface area (Å²) in [6.07, 6.45) is 1.14. The lowest BCUT2D eigenvalue weighted by molar-refractivity contribution is -0.119. The van der Waals surface area contributed by atoms with Gasteiger partial charge < -0.3 is 14.4 Å². The van der Waals surface area contributed by atoms with E-state index in [1.165, 1.54) is 0 Å². The van der Waals surface area contributed by atoms with E-state index < -0.39 is 5.92 Å². The molecule has 29 heavy (non-hydrogen) atoms. The van der Waals surface area contributed by atoms with Crippen LogP contribution in [0.3, 0.4) is 0 Å². The second kappa shape index (κ2) is 6.37. The Labute approximate surface area is 166 Å². The van der Waals surface area contributed by atoms with Crippen molar-refractivity contribution in [1.29, 1.82) is 0 Å². The molecule has 6 nitrogen and oxygen atoms in total. The summed E-state index contributed by atoms with van der Waals surface area (Å²) in [6, 6.07) is 5.27. The molecule has 1 aromatic carbocycles. The van der Waals surface area contributed by atoms with Crippen molar-refractivity contribution in [2.24, 2.45) is 0 Å². The fourth-order valence-corrected chi connectivity index (χ4v) is 4.75. The molecule has 5 rings (SSSR count). The molecule has 1 saturated heterocycles. The normalized spacial score (nSPS) is 23.8. The van der Waals surface area contributed by atoms with Gasteiger partial charge in [-0.3, -0.25) is 4.79 Å². The molecular formula is C21H22F2N4O2. The van der Waals surface area contributed by atoms with Crippen molar-refractivity contribution in [1.82, 2.24) is 20.0 Å². The minimum atomic E-state index is -2.66. The van der Waals surface area contributed by atoms with Crippen LogP contribution < -0.4 is 5.32 Å². The molecule has 1 amide bonds. The number of hydrogen-bond acceptors (Lipinski definition) is 4. The van der Waals surface area contributed by atoms with Crippen LogP contribution in [0, 0.1) is 13.8 Å². The van der Waals surface area contributed by atoms with Gasteiger partial charge in [0.1, 0.15) is 11.6 Å². The van der Waals surface area contributed by atoms with Crippen molar-refractivity contribution in [2.45, 2.75) is 64.0 Å². The molecule has 0 radical (unpaired) electrons. The molecule has 152 valence electrons. The van der Waals surface area contributed by atoms with Gasteiger partial charge in [0.05, 0.1) is 22.8 Å². The predicted octanol–water partition coefficient (Wildman–Crippen LogP) is 4.62. The number of halogens is 2. The first-order valence-corrected chi connectivity index (χ1v) is 9.95. The number of nitrogens with one attached hydrogen (secondary N) is 1. The molecule has 0 spiro atoms. The largest absolute Gasteiger partial charge is 0.361 e. The maximum atomic E-state index is 14.0. The Morgan fingerprint density at radius 2 is 2.10 bits per heavy atom. The van der Waals surface area contributed by atoms with E-state index >= 15 is 0 Å². The summed E-state index contributed by atoms with van der Waals surface area (Å²) in [7, 11) is 0. The zero-order valence-electron chi connectivity index (χ0n) is 16.3. The Hall–Kier alpha value is -2.77. The minimum absolute atomic E-state index is 0.0261. The summed E-state index contributed by atoms with van der Waals surface area (Å²) < 4.78 is 35.2. The highest BCUT2D eigenvalue weighted by Gasteiger charge is 2.42. The van der Waals surface area contributed by atoms with Crippen LogP contribution in [-0.2, 0) is 4.79 Å². The Bertz CT molecular complexity index is 1100. The molecular weight excluding hydrogens is 378 g/mol. The van der Waals surface area contributed by atoms with E-state index in [0.29, 0.717) is 25.1 Å². The number of aryl methyl sites for hydroxylation is 2. The first-order chi connectivity index (χ1) is 13.8. The third kappa shape index (κ3) is 3.01. The smallest absolute Gasteiger partial charge is 0.250 e. The van der Waals surface area contributed by atoms with Gasteiger partial charge in [-0.1, -0.05) is 11.2 Å². The second-order valence-electron chi connectivity index (χ2n) is 8.15. The highest BCUT2D eigenvalue weighted by molar-refractivity contribution is 5.84. The van der Waals surface area contributed by atoms with E-state index in [1.807, 2.05) is 36.6 Å². The van der Waals surface area contributed by atoms with E-state index in [-0.39, 0.29) is 30.8 Å². The highest BCUT2D eigenvalue weighted by atomic mass is 19.3. The average Bonchev–Trinajstić information content (AvgIpc) is 3.41. The number of rotatable bonds is 3. The number of fused-ring (bicyclic) bond motifs is 1. The number of benzene rings is 1. The quantitative estimate of drug-likeness (QED) is 0.696. The van der Waals surface area contributed by atoms with E-state index in [0.717, 1.165) is 33.6 Å². The summed E-state index contributed by atoms with van der Waals surface area (Å²) in [6.45, 7) is 3.74. The molecule has 1 N–H and O–H groups in total. The van der Waals surface area contributed by atoms with Crippen LogP contribution >= 0.6 is 0 Å². The molecule has 0 bridgehead atoms. The van der Waals surface area contributed by atoms with Gasteiger partial charge in [0, 0.05) is 30.9 Å². The van der Waals surface area contributed by atoms with Crippen LogP contribution in [0.5, 0.6) is 0 Å². The third-order valence-corrected chi connectivity index (χ3v) is 6.09. The minimum Gasteiger partial charge on any atom is -0.361 e. The Morgan fingerprint density at radius 1 is 1.28 bits per heavy atom. The number of amides is 1. The van der Waals surface area contributed by atoms with Gasteiger partial charge in [-0.15, -0.1) is 0 Å². The Balaban J connectivity index is 1.65. The average molecular weight is 400 g/mol. The summed E-state index contributed by atoms with van der Waals surface area (Å²) in [5.74, 6) is -1.29. The van der Waals surface area contributed by atoms with E-state index in [2.05, 4.69) is 10.5 Å². The maximum Gasteiger partial charge on any atom is 0.250 e. The van der Waals surface area contributed by atoms with E-state index in [4.69, 9.17) is 9.51 Å². The van der Waals surface area contributed by atoms with Gasteiger partial charge in [0.15, 0.2) is 0 Å². The molecule has 1 unspecified atom stereocenters. The van der Waals surface area contributed by atoms with Crippen molar-refractivity contribution < 1.29 is 18.1 Å². The van der Waals surface area contributed by atoms with Crippen LogP contribution in [0.15, 0.2) is 22.7 Å². The predicted molar refractivity (Wildman–Crippen MR) is 103 cm³/mol. The third-order valence-electron chi connectivity index (χ3n) is 6.09. The lowest BCUT2D eigenvalue weighted by Crippen LogP contribution is -2.23. The zero-order chi connectivity index (χ0) is 20.3. The number of carbonyl (C=O) groups excluding carboxylic acids is 1. The molecule has 8 heteroatoms. The molecule has 2 aliphatic rings. The molecule has 2 fully saturated rings. The van der Waals surface area contributed by atoms with Gasteiger partial charge in [-0.05, 0) is 44.4 Å². The molecule has 2 aromatic heterocycles. The monoisotopic (exact) mass is 400 g/mol. The molecule has 1 saturated carbocycles. The molecule has 1 aliphatic carbocycles. The van der Waals surface area contributed by atoms with E-state index in [1.54, 1.807) is 0 Å². The summed E-state index contributed by atoms with van der Waals surface area (Å²) in [5.41, 5.74) is 4.19.